The normalized spacial score (nSPS) is 10.7. The molecule has 3 N–H and O–H groups in total. The van der Waals surface area contributed by atoms with Crippen molar-refractivity contribution in [1.29, 1.82) is 0 Å². The van der Waals surface area contributed by atoms with E-state index in [-0.39, 0.29) is 36.6 Å². The van der Waals surface area contributed by atoms with Gasteiger partial charge in [-0.2, -0.15) is 13.2 Å². The number of carbonyl (C=O) groups excluding carboxylic acids is 1. The van der Waals surface area contributed by atoms with Crippen LogP contribution in [0.1, 0.15) is 16.7 Å². The predicted octanol–water partition coefficient (Wildman–Crippen LogP) is 3.79. The van der Waals surface area contributed by atoms with Crippen LogP contribution in [0.2, 0.25) is 0 Å². The number of halogens is 4. The third-order valence-electron chi connectivity index (χ3n) is 3.93. The van der Waals surface area contributed by atoms with Crippen LogP contribution in [-0.2, 0) is 23.9 Å². The molecule has 0 heterocycles. The van der Waals surface area contributed by atoms with E-state index < -0.39 is 17.6 Å². The molecule has 0 radical (unpaired) electrons. The van der Waals surface area contributed by atoms with E-state index >= 15 is 0 Å². The number of carbonyl (C=O) groups is 1. The number of anilines is 1. The molecule has 0 fully saturated rings. The van der Waals surface area contributed by atoms with Crippen molar-refractivity contribution in [2.75, 3.05) is 26.6 Å². The number of alkyl halides is 3. The van der Waals surface area contributed by atoms with E-state index in [2.05, 4.69) is 5.32 Å². The van der Waals surface area contributed by atoms with Crippen LogP contribution in [0.3, 0.4) is 0 Å². The number of amides is 1. The van der Waals surface area contributed by atoms with Gasteiger partial charge in [-0.15, -0.1) is 12.4 Å². The van der Waals surface area contributed by atoms with Crippen molar-refractivity contribution in [3.05, 3.63) is 47.0 Å². The second-order valence-electron chi connectivity index (χ2n) is 5.88. The highest BCUT2D eigenvalue weighted by atomic mass is 35.5. The largest absolute Gasteiger partial charge is 0.493 e. The molecule has 0 atom stereocenters. The van der Waals surface area contributed by atoms with Gasteiger partial charge < -0.3 is 25.3 Å². The summed E-state index contributed by atoms with van der Waals surface area (Å²) < 4.78 is 54.7. The number of hydrogen-bond donors (Lipinski definition) is 2. The molecule has 0 saturated heterocycles. The van der Waals surface area contributed by atoms with E-state index in [4.69, 9.17) is 19.9 Å². The van der Waals surface area contributed by atoms with Gasteiger partial charge in [0.1, 0.15) is 0 Å². The number of nitrogens with two attached hydrogens (primary N) is 1. The molecule has 0 aliphatic rings. The number of ether oxygens (including phenoxy) is 3. The third kappa shape index (κ3) is 6.16. The van der Waals surface area contributed by atoms with E-state index in [0.717, 1.165) is 12.1 Å². The van der Waals surface area contributed by atoms with Crippen LogP contribution in [0.5, 0.6) is 17.2 Å². The molecule has 2 aromatic carbocycles. The molecule has 0 unspecified atom stereocenters. The van der Waals surface area contributed by atoms with Gasteiger partial charge >= 0.3 is 6.18 Å². The van der Waals surface area contributed by atoms with Gasteiger partial charge in [-0.25, -0.2) is 0 Å². The fourth-order valence-corrected chi connectivity index (χ4v) is 2.67. The first-order valence-corrected chi connectivity index (χ1v) is 8.21. The Morgan fingerprint density at radius 1 is 0.966 bits per heavy atom. The lowest BCUT2D eigenvalue weighted by Crippen LogP contribution is -2.16. The highest BCUT2D eigenvalue weighted by Gasteiger charge is 2.31. The monoisotopic (exact) mass is 434 g/mol. The average molecular weight is 435 g/mol. The van der Waals surface area contributed by atoms with Gasteiger partial charge in [-0.05, 0) is 41.5 Å². The van der Waals surface area contributed by atoms with Crippen molar-refractivity contribution in [3.63, 3.8) is 0 Å². The third-order valence-corrected chi connectivity index (χ3v) is 3.93. The van der Waals surface area contributed by atoms with Gasteiger partial charge in [0.15, 0.2) is 11.5 Å². The summed E-state index contributed by atoms with van der Waals surface area (Å²) >= 11 is 0. The fourth-order valence-electron chi connectivity index (χ4n) is 2.67. The summed E-state index contributed by atoms with van der Waals surface area (Å²) in [6.07, 6.45) is -4.65. The van der Waals surface area contributed by atoms with E-state index in [9.17, 15) is 18.0 Å². The molecule has 6 nitrogen and oxygen atoms in total. The zero-order valence-corrected chi connectivity index (χ0v) is 16.9. The van der Waals surface area contributed by atoms with Crippen molar-refractivity contribution in [1.82, 2.24) is 0 Å². The van der Waals surface area contributed by atoms with Gasteiger partial charge in [0.2, 0.25) is 11.7 Å². The van der Waals surface area contributed by atoms with Crippen LogP contribution >= 0.6 is 12.4 Å². The van der Waals surface area contributed by atoms with E-state index in [1.54, 1.807) is 12.1 Å². The summed E-state index contributed by atoms with van der Waals surface area (Å²) in [5, 5.41) is 2.47. The second-order valence-corrected chi connectivity index (χ2v) is 5.88. The molecular weight excluding hydrogens is 413 g/mol. The Bertz CT molecular complexity index is 835. The molecule has 1 amide bonds. The van der Waals surface area contributed by atoms with E-state index in [1.807, 2.05) is 0 Å². The van der Waals surface area contributed by atoms with Gasteiger partial charge in [0.05, 0.1) is 33.3 Å². The SMILES string of the molecule is COc1cc(CC(=O)Nc2cc(CN)cc(C(F)(F)F)c2)cc(OC)c1OC.Cl. The molecule has 2 rings (SSSR count). The highest BCUT2D eigenvalue weighted by molar-refractivity contribution is 5.92. The van der Waals surface area contributed by atoms with Gasteiger partial charge in [0.25, 0.3) is 0 Å². The molecule has 160 valence electrons. The molecule has 0 aliphatic heterocycles. The van der Waals surface area contributed by atoms with Crippen LogP contribution in [0.15, 0.2) is 30.3 Å². The summed E-state index contributed by atoms with van der Waals surface area (Å²) in [7, 11) is 4.34. The minimum absolute atomic E-state index is 0. The number of hydrogen-bond acceptors (Lipinski definition) is 5. The van der Waals surface area contributed by atoms with Crippen molar-refractivity contribution in [3.8, 4) is 17.2 Å². The Hall–Kier alpha value is -2.65. The zero-order valence-electron chi connectivity index (χ0n) is 16.1. The molecule has 10 heteroatoms. The summed E-state index contributed by atoms with van der Waals surface area (Å²) in [5.41, 5.74) is 5.40. The number of rotatable bonds is 7. The molecule has 0 aromatic heterocycles. The Balaban J connectivity index is 0.00000420. The number of benzene rings is 2. The fraction of sp³-hybridized carbons (Fsp3) is 0.316. The van der Waals surface area contributed by atoms with Gasteiger partial charge in [-0.1, -0.05) is 0 Å². The topological polar surface area (TPSA) is 82.8 Å². The number of methoxy groups -OCH3 is 3. The first-order valence-electron chi connectivity index (χ1n) is 8.21. The minimum Gasteiger partial charge on any atom is -0.493 e. The Morgan fingerprint density at radius 3 is 2.00 bits per heavy atom. The summed E-state index contributed by atoms with van der Waals surface area (Å²) in [5.74, 6) is 0.611. The van der Waals surface area contributed by atoms with Crippen LogP contribution < -0.4 is 25.3 Å². The Kier molecular flexibility index (Phi) is 8.59. The second kappa shape index (κ2) is 10.2. The van der Waals surface area contributed by atoms with Crippen LogP contribution in [0.4, 0.5) is 18.9 Å². The molecule has 2 aromatic rings. The molecule has 0 spiro atoms. The quantitative estimate of drug-likeness (QED) is 0.692. The lowest BCUT2D eigenvalue weighted by molar-refractivity contribution is -0.137. The molecule has 0 bridgehead atoms. The predicted molar refractivity (Wildman–Crippen MR) is 105 cm³/mol. The van der Waals surface area contributed by atoms with Crippen LogP contribution in [0.25, 0.3) is 0 Å². The maximum absolute atomic E-state index is 13.0. The van der Waals surface area contributed by atoms with Crippen molar-refractivity contribution >= 4 is 24.0 Å². The smallest absolute Gasteiger partial charge is 0.416 e. The van der Waals surface area contributed by atoms with Crippen molar-refractivity contribution < 1.29 is 32.2 Å². The minimum atomic E-state index is -4.54. The van der Waals surface area contributed by atoms with Gasteiger partial charge in [-0.3, -0.25) is 4.79 Å². The highest BCUT2D eigenvalue weighted by Crippen LogP contribution is 2.38. The maximum Gasteiger partial charge on any atom is 0.416 e. The summed E-state index contributed by atoms with van der Waals surface area (Å²) in [6, 6.07) is 6.42. The zero-order chi connectivity index (χ0) is 20.9. The van der Waals surface area contributed by atoms with Crippen LogP contribution in [0, 0.1) is 0 Å². The molecule has 29 heavy (non-hydrogen) atoms. The standard InChI is InChI=1S/C19H21F3N2O4.ClH/c1-26-15-6-11(7-16(27-2)18(15)28-3)8-17(25)24-14-5-12(10-23)4-13(9-14)19(20,21)22;/h4-7,9H,8,10,23H2,1-3H3,(H,24,25);1H. The van der Waals surface area contributed by atoms with Gasteiger partial charge in [0, 0.05) is 12.2 Å². The first kappa shape index (κ1) is 24.4. The Labute approximate surface area is 172 Å². The number of nitrogens with one attached hydrogen (secondary N) is 1. The van der Waals surface area contributed by atoms with E-state index in [0.29, 0.717) is 22.8 Å². The maximum atomic E-state index is 13.0. The van der Waals surface area contributed by atoms with Crippen molar-refractivity contribution in [2.24, 2.45) is 5.73 Å². The lowest BCUT2D eigenvalue weighted by atomic mass is 10.1. The summed E-state index contributed by atoms with van der Waals surface area (Å²) in [4.78, 5) is 12.4. The summed E-state index contributed by atoms with van der Waals surface area (Å²) in [6.45, 7) is -0.0837. The lowest BCUT2D eigenvalue weighted by Gasteiger charge is -2.15. The molecule has 0 saturated carbocycles. The average Bonchev–Trinajstić information content (AvgIpc) is 2.65. The first-order chi connectivity index (χ1) is 13.2. The van der Waals surface area contributed by atoms with E-state index in [1.165, 1.54) is 27.4 Å². The Morgan fingerprint density at radius 2 is 1.55 bits per heavy atom. The molecule has 0 aliphatic carbocycles. The van der Waals surface area contributed by atoms with Crippen LogP contribution in [-0.4, -0.2) is 27.2 Å². The molecular formula is C19H22ClF3N2O4. The van der Waals surface area contributed by atoms with Crippen molar-refractivity contribution in [2.45, 2.75) is 19.1 Å².